The fraction of sp³-hybridized carbons (Fsp3) is 0.0625. The highest BCUT2D eigenvalue weighted by Gasteiger charge is 2.29. The topological polar surface area (TPSA) is 20.3 Å². The third-order valence-electron chi connectivity index (χ3n) is 3.30. The number of para-hydroxylation sites is 1. The van der Waals surface area contributed by atoms with E-state index in [9.17, 15) is 9.18 Å². The minimum atomic E-state index is -0.324. The van der Waals surface area contributed by atoms with Gasteiger partial charge >= 0.3 is 0 Å². The number of amides is 1. The standard InChI is InChI=1S/C16H12FNO/c1-18-15-9-5-3-7-12(15)13(16(18)19)10-11-6-2-4-8-14(11)17/h2-10H,1H3/b13-10+. The molecule has 94 valence electrons. The lowest BCUT2D eigenvalue weighted by Gasteiger charge is -2.07. The van der Waals surface area contributed by atoms with E-state index in [1.807, 2.05) is 24.3 Å². The number of hydrogen-bond acceptors (Lipinski definition) is 1. The minimum absolute atomic E-state index is 0.107. The van der Waals surface area contributed by atoms with E-state index in [1.54, 1.807) is 36.2 Å². The van der Waals surface area contributed by atoms with Gasteiger partial charge in [-0.2, -0.15) is 0 Å². The summed E-state index contributed by atoms with van der Waals surface area (Å²) < 4.78 is 13.7. The van der Waals surface area contributed by atoms with Crippen molar-refractivity contribution in [1.82, 2.24) is 0 Å². The van der Waals surface area contributed by atoms with Gasteiger partial charge in [0.2, 0.25) is 0 Å². The fourth-order valence-corrected chi connectivity index (χ4v) is 2.29. The van der Waals surface area contributed by atoms with Gasteiger partial charge in [0.1, 0.15) is 5.82 Å². The number of carbonyl (C=O) groups is 1. The molecule has 2 nitrogen and oxygen atoms in total. The third kappa shape index (κ3) is 1.83. The quantitative estimate of drug-likeness (QED) is 0.714. The number of hydrogen-bond donors (Lipinski definition) is 0. The average molecular weight is 253 g/mol. The van der Waals surface area contributed by atoms with Crippen LogP contribution in [0.2, 0.25) is 0 Å². The molecule has 0 saturated carbocycles. The van der Waals surface area contributed by atoms with Gasteiger partial charge in [0.15, 0.2) is 0 Å². The Bertz CT molecular complexity index is 691. The summed E-state index contributed by atoms with van der Waals surface area (Å²) >= 11 is 0. The lowest BCUT2D eigenvalue weighted by atomic mass is 10.0. The van der Waals surface area contributed by atoms with Gasteiger partial charge in [0, 0.05) is 23.7 Å². The first kappa shape index (κ1) is 11.7. The number of anilines is 1. The smallest absolute Gasteiger partial charge is 0.258 e. The SMILES string of the molecule is CN1C(=O)/C(=C/c2ccccc2F)c2ccccc21. The van der Waals surface area contributed by atoms with Crippen LogP contribution >= 0.6 is 0 Å². The van der Waals surface area contributed by atoms with Gasteiger partial charge in [-0.25, -0.2) is 4.39 Å². The molecule has 0 fully saturated rings. The van der Waals surface area contributed by atoms with Crippen LogP contribution in [0.4, 0.5) is 10.1 Å². The van der Waals surface area contributed by atoms with E-state index in [1.165, 1.54) is 6.07 Å². The average Bonchev–Trinajstić information content (AvgIpc) is 2.67. The van der Waals surface area contributed by atoms with Gasteiger partial charge in [-0.3, -0.25) is 4.79 Å². The predicted molar refractivity (Wildman–Crippen MR) is 74.1 cm³/mol. The molecule has 2 aromatic rings. The molecule has 0 radical (unpaired) electrons. The molecule has 3 heteroatoms. The summed E-state index contributed by atoms with van der Waals surface area (Å²) in [5, 5.41) is 0. The molecule has 1 amide bonds. The molecule has 2 aromatic carbocycles. The maximum absolute atomic E-state index is 13.7. The van der Waals surface area contributed by atoms with Crippen molar-refractivity contribution in [2.24, 2.45) is 0 Å². The van der Waals surface area contributed by atoms with Crippen molar-refractivity contribution in [3.63, 3.8) is 0 Å². The number of benzene rings is 2. The number of rotatable bonds is 1. The first-order valence-electron chi connectivity index (χ1n) is 6.02. The Balaban J connectivity index is 2.16. The maximum atomic E-state index is 13.7. The summed E-state index contributed by atoms with van der Waals surface area (Å²) in [6.45, 7) is 0. The van der Waals surface area contributed by atoms with Crippen molar-refractivity contribution in [3.05, 3.63) is 65.5 Å². The monoisotopic (exact) mass is 253 g/mol. The molecule has 0 bridgehead atoms. The largest absolute Gasteiger partial charge is 0.311 e. The molecule has 0 unspecified atom stereocenters. The predicted octanol–water partition coefficient (Wildman–Crippen LogP) is 3.34. The lowest BCUT2D eigenvalue weighted by Crippen LogP contribution is -2.20. The molecule has 0 aromatic heterocycles. The second-order valence-corrected chi connectivity index (χ2v) is 4.46. The van der Waals surface area contributed by atoms with E-state index < -0.39 is 0 Å². The zero-order valence-electron chi connectivity index (χ0n) is 10.4. The molecule has 0 saturated heterocycles. The summed E-state index contributed by atoms with van der Waals surface area (Å²) in [5.41, 5.74) is 2.66. The number of fused-ring (bicyclic) bond motifs is 1. The second-order valence-electron chi connectivity index (χ2n) is 4.46. The minimum Gasteiger partial charge on any atom is -0.311 e. The highest BCUT2D eigenvalue weighted by Crippen LogP contribution is 2.36. The number of nitrogens with zero attached hydrogens (tertiary/aromatic N) is 1. The Morgan fingerprint density at radius 2 is 1.74 bits per heavy atom. The van der Waals surface area contributed by atoms with Crippen molar-refractivity contribution >= 4 is 23.2 Å². The van der Waals surface area contributed by atoms with E-state index >= 15 is 0 Å². The van der Waals surface area contributed by atoms with E-state index in [0.29, 0.717) is 11.1 Å². The molecular formula is C16H12FNO. The Labute approximate surface area is 110 Å². The van der Waals surface area contributed by atoms with E-state index in [2.05, 4.69) is 0 Å². The van der Waals surface area contributed by atoms with Gasteiger partial charge in [0.25, 0.3) is 5.91 Å². The van der Waals surface area contributed by atoms with Crippen molar-refractivity contribution in [3.8, 4) is 0 Å². The zero-order chi connectivity index (χ0) is 13.4. The molecule has 19 heavy (non-hydrogen) atoms. The number of halogens is 1. The first-order valence-corrected chi connectivity index (χ1v) is 6.02. The van der Waals surface area contributed by atoms with Crippen LogP contribution in [0.15, 0.2) is 48.5 Å². The summed E-state index contributed by atoms with van der Waals surface area (Å²) in [4.78, 5) is 13.8. The molecular weight excluding hydrogens is 241 g/mol. The molecule has 0 spiro atoms. The van der Waals surface area contributed by atoms with Crippen molar-refractivity contribution in [1.29, 1.82) is 0 Å². The molecule has 0 N–H and O–H groups in total. The third-order valence-corrected chi connectivity index (χ3v) is 3.30. The Kier molecular flexibility index (Phi) is 2.67. The van der Waals surface area contributed by atoms with E-state index in [0.717, 1.165) is 11.3 Å². The van der Waals surface area contributed by atoms with E-state index in [-0.39, 0.29) is 11.7 Å². The van der Waals surface area contributed by atoms with Crippen LogP contribution in [-0.4, -0.2) is 13.0 Å². The van der Waals surface area contributed by atoms with Gasteiger partial charge < -0.3 is 4.90 Å². The van der Waals surface area contributed by atoms with Crippen LogP contribution in [0.25, 0.3) is 11.6 Å². The van der Waals surface area contributed by atoms with Crippen LogP contribution in [0.3, 0.4) is 0 Å². The van der Waals surface area contributed by atoms with Crippen molar-refractivity contribution < 1.29 is 9.18 Å². The Morgan fingerprint density at radius 1 is 1.05 bits per heavy atom. The highest BCUT2D eigenvalue weighted by atomic mass is 19.1. The maximum Gasteiger partial charge on any atom is 0.258 e. The summed E-state index contributed by atoms with van der Waals surface area (Å²) in [6, 6.07) is 14.0. The zero-order valence-corrected chi connectivity index (χ0v) is 10.4. The molecule has 1 heterocycles. The normalized spacial score (nSPS) is 16.0. The van der Waals surface area contributed by atoms with Crippen molar-refractivity contribution in [2.45, 2.75) is 0 Å². The van der Waals surface area contributed by atoms with Crippen LogP contribution in [0, 0.1) is 5.82 Å². The molecule has 0 aliphatic carbocycles. The number of likely N-dealkylation sites (N-methyl/N-ethyl adjacent to an activating group) is 1. The second kappa shape index (κ2) is 4.35. The van der Waals surface area contributed by atoms with Gasteiger partial charge in [0.05, 0.1) is 5.69 Å². The van der Waals surface area contributed by atoms with Crippen molar-refractivity contribution in [2.75, 3.05) is 11.9 Å². The van der Waals surface area contributed by atoms with Crippen LogP contribution in [-0.2, 0) is 4.79 Å². The molecule has 3 rings (SSSR count). The summed E-state index contributed by atoms with van der Waals surface area (Å²) in [6.07, 6.45) is 1.61. The lowest BCUT2D eigenvalue weighted by molar-refractivity contribution is -0.112. The summed E-state index contributed by atoms with van der Waals surface area (Å²) in [5.74, 6) is -0.431. The van der Waals surface area contributed by atoms with Crippen LogP contribution < -0.4 is 4.90 Å². The van der Waals surface area contributed by atoms with Gasteiger partial charge in [-0.1, -0.05) is 36.4 Å². The van der Waals surface area contributed by atoms with Crippen LogP contribution in [0.1, 0.15) is 11.1 Å². The Hall–Kier alpha value is -2.42. The van der Waals surface area contributed by atoms with E-state index in [4.69, 9.17) is 0 Å². The Morgan fingerprint density at radius 3 is 2.53 bits per heavy atom. The first-order chi connectivity index (χ1) is 9.18. The van der Waals surface area contributed by atoms with Gasteiger partial charge in [-0.05, 0) is 18.2 Å². The highest BCUT2D eigenvalue weighted by molar-refractivity contribution is 6.35. The van der Waals surface area contributed by atoms with Gasteiger partial charge in [-0.15, -0.1) is 0 Å². The molecule has 0 atom stereocenters. The molecule has 1 aliphatic rings. The fourth-order valence-electron chi connectivity index (χ4n) is 2.29. The number of carbonyl (C=O) groups excluding carboxylic acids is 1. The molecule has 1 aliphatic heterocycles. The summed E-state index contributed by atoms with van der Waals surface area (Å²) in [7, 11) is 1.73. The van der Waals surface area contributed by atoms with Crippen LogP contribution in [0.5, 0.6) is 0 Å².